The number of hydrogen-bond donors (Lipinski definition) is 2. The fourth-order valence-electron chi connectivity index (χ4n) is 2.98. The summed E-state index contributed by atoms with van der Waals surface area (Å²) in [7, 11) is 2.22. The first-order valence-corrected chi connectivity index (χ1v) is 8.21. The molecule has 20 heavy (non-hydrogen) atoms. The Labute approximate surface area is 124 Å². The van der Waals surface area contributed by atoms with Crippen LogP contribution in [-0.4, -0.2) is 49.1 Å². The lowest BCUT2D eigenvalue weighted by atomic mass is 9.94. The number of carbonyl (C=O) groups is 1. The number of rotatable bonds is 8. The molecule has 1 fully saturated rings. The second-order valence-corrected chi connectivity index (χ2v) is 6.54. The van der Waals surface area contributed by atoms with Crippen LogP contribution in [0.25, 0.3) is 0 Å². The molecule has 0 aromatic carbocycles. The highest BCUT2D eigenvalue weighted by atomic mass is 16.2. The summed E-state index contributed by atoms with van der Waals surface area (Å²) >= 11 is 0. The van der Waals surface area contributed by atoms with Crippen LogP contribution in [0.4, 0.5) is 0 Å². The van der Waals surface area contributed by atoms with E-state index in [1.54, 1.807) is 0 Å². The maximum Gasteiger partial charge on any atom is 0.239 e. The molecule has 118 valence electrons. The Balaban J connectivity index is 2.16. The van der Waals surface area contributed by atoms with Crippen molar-refractivity contribution >= 4 is 5.91 Å². The SMILES string of the molecule is CCNC(C)(C)C(=O)NCCCN(C)C1CCCCC1. The molecule has 0 aromatic rings. The molecule has 1 rings (SSSR count). The van der Waals surface area contributed by atoms with E-state index in [2.05, 4.69) is 22.6 Å². The van der Waals surface area contributed by atoms with Crippen molar-refractivity contribution in [1.29, 1.82) is 0 Å². The first-order chi connectivity index (χ1) is 9.47. The third-order valence-corrected chi connectivity index (χ3v) is 4.36. The summed E-state index contributed by atoms with van der Waals surface area (Å²) in [6.07, 6.45) is 7.87. The van der Waals surface area contributed by atoms with Crippen LogP contribution in [0.3, 0.4) is 0 Å². The monoisotopic (exact) mass is 283 g/mol. The van der Waals surface area contributed by atoms with Gasteiger partial charge in [0.1, 0.15) is 0 Å². The van der Waals surface area contributed by atoms with Gasteiger partial charge in [-0.2, -0.15) is 0 Å². The van der Waals surface area contributed by atoms with E-state index in [4.69, 9.17) is 0 Å². The maximum atomic E-state index is 12.0. The first kappa shape index (κ1) is 17.4. The van der Waals surface area contributed by atoms with Crippen LogP contribution in [0.1, 0.15) is 59.3 Å². The zero-order valence-corrected chi connectivity index (χ0v) is 13.8. The minimum Gasteiger partial charge on any atom is -0.354 e. The Morgan fingerprint density at radius 3 is 2.50 bits per heavy atom. The van der Waals surface area contributed by atoms with Crippen molar-refractivity contribution in [3.05, 3.63) is 0 Å². The second kappa shape index (κ2) is 8.63. The predicted molar refractivity (Wildman–Crippen MR) is 84.9 cm³/mol. The number of carbonyl (C=O) groups excluding carboxylic acids is 1. The van der Waals surface area contributed by atoms with E-state index in [1.807, 2.05) is 20.8 Å². The van der Waals surface area contributed by atoms with Crippen LogP contribution < -0.4 is 10.6 Å². The second-order valence-electron chi connectivity index (χ2n) is 6.54. The lowest BCUT2D eigenvalue weighted by Gasteiger charge is -2.31. The van der Waals surface area contributed by atoms with Crippen molar-refractivity contribution in [2.75, 3.05) is 26.7 Å². The standard InChI is InChI=1S/C16H33N3O/c1-5-18-16(2,3)15(20)17-12-9-13-19(4)14-10-7-6-8-11-14/h14,18H,5-13H2,1-4H3,(H,17,20). The summed E-state index contributed by atoms with van der Waals surface area (Å²) in [6, 6.07) is 0.762. The lowest BCUT2D eigenvalue weighted by molar-refractivity contribution is -0.126. The van der Waals surface area contributed by atoms with Crippen molar-refractivity contribution in [3.8, 4) is 0 Å². The Hall–Kier alpha value is -0.610. The van der Waals surface area contributed by atoms with E-state index in [0.717, 1.165) is 32.1 Å². The molecule has 0 bridgehead atoms. The molecule has 0 heterocycles. The number of nitrogens with zero attached hydrogens (tertiary/aromatic N) is 1. The van der Waals surface area contributed by atoms with Gasteiger partial charge in [0.05, 0.1) is 5.54 Å². The summed E-state index contributed by atoms with van der Waals surface area (Å²) in [5, 5.41) is 6.24. The van der Waals surface area contributed by atoms with Gasteiger partial charge in [0, 0.05) is 12.6 Å². The van der Waals surface area contributed by atoms with Crippen LogP contribution in [0, 0.1) is 0 Å². The van der Waals surface area contributed by atoms with Gasteiger partial charge in [-0.3, -0.25) is 4.79 Å². The van der Waals surface area contributed by atoms with E-state index in [9.17, 15) is 4.79 Å². The van der Waals surface area contributed by atoms with Crippen LogP contribution in [0.15, 0.2) is 0 Å². The summed E-state index contributed by atoms with van der Waals surface area (Å²) < 4.78 is 0. The summed E-state index contributed by atoms with van der Waals surface area (Å²) in [6.45, 7) is 8.54. The van der Waals surface area contributed by atoms with E-state index >= 15 is 0 Å². The van der Waals surface area contributed by atoms with E-state index in [-0.39, 0.29) is 5.91 Å². The van der Waals surface area contributed by atoms with Crippen molar-refractivity contribution in [2.24, 2.45) is 0 Å². The van der Waals surface area contributed by atoms with Crippen LogP contribution in [0.2, 0.25) is 0 Å². The number of likely N-dealkylation sites (N-methyl/N-ethyl adjacent to an activating group) is 1. The van der Waals surface area contributed by atoms with Crippen LogP contribution >= 0.6 is 0 Å². The highest BCUT2D eigenvalue weighted by Gasteiger charge is 2.25. The summed E-state index contributed by atoms with van der Waals surface area (Å²) in [5.74, 6) is 0.0969. The quantitative estimate of drug-likeness (QED) is 0.671. The Bertz CT molecular complexity index is 285. The smallest absolute Gasteiger partial charge is 0.239 e. The van der Waals surface area contributed by atoms with Crippen LogP contribution in [0.5, 0.6) is 0 Å². The number of nitrogens with one attached hydrogen (secondary N) is 2. The lowest BCUT2D eigenvalue weighted by Crippen LogP contribution is -2.52. The molecule has 0 unspecified atom stereocenters. The molecule has 1 saturated carbocycles. The van der Waals surface area contributed by atoms with Gasteiger partial charge in [0.2, 0.25) is 5.91 Å². The molecule has 1 aliphatic carbocycles. The normalized spacial score (nSPS) is 17.4. The van der Waals surface area contributed by atoms with Gasteiger partial charge in [-0.15, -0.1) is 0 Å². The maximum absolute atomic E-state index is 12.0. The molecule has 0 aromatic heterocycles. The molecule has 0 atom stereocenters. The largest absolute Gasteiger partial charge is 0.354 e. The van der Waals surface area contributed by atoms with Gasteiger partial charge in [-0.25, -0.2) is 0 Å². The molecular weight excluding hydrogens is 250 g/mol. The van der Waals surface area contributed by atoms with E-state index in [0.29, 0.717) is 0 Å². The zero-order valence-electron chi connectivity index (χ0n) is 13.8. The highest BCUT2D eigenvalue weighted by Crippen LogP contribution is 2.21. The molecule has 1 aliphatic rings. The zero-order chi connectivity index (χ0) is 15.0. The third kappa shape index (κ3) is 5.80. The minimum absolute atomic E-state index is 0.0969. The molecule has 2 N–H and O–H groups in total. The fraction of sp³-hybridized carbons (Fsp3) is 0.938. The molecule has 0 saturated heterocycles. The molecule has 1 amide bonds. The Morgan fingerprint density at radius 1 is 1.25 bits per heavy atom. The molecule has 4 heteroatoms. The summed E-state index contributed by atoms with van der Waals surface area (Å²) in [5.41, 5.74) is -0.468. The van der Waals surface area contributed by atoms with Gasteiger partial charge < -0.3 is 15.5 Å². The average Bonchev–Trinajstić information content (AvgIpc) is 2.44. The van der Waals surface area contributed by atoms with Gasteiger partial charge >= 0.3 is 0 Å². The molecule has 0 aliphatic heterocycles. The molecule has 0 spiro atoms. The summed E-state index contributed by atoms with van der Waals surface area (Å²) in [4.78, 5) is 14.5. The topological polar surface area (TPSA) is 44.4 Å². The van der Waals surface area contributed by atoms with Crippen molar-refractivity contribution in [3.63, 3.8) is 0 Å². The Kier molecular flexibility index (Phi) is 7.52. The van der Waals surface area contributed by atoms with Gasteiger partial charge in [0.25, 0.3) is 0 Å². The van der Waals surface area contributed by atoms with Crippen LogP contribution in [-0.2, 0) is 4.79 Å². The predicted octanol–water partition coefficient (Wildman–Crippen LogP) is 2.15. The highest BCUT2D eigenvalue weighted by molar-refractivity contribution is 5.85. The molecular formula is C16H33N3O. The fourth-order valence-corrected chi connectivity index (χ4v) is 2.98. The Morgan fingerprint density at radius 2 is 1.90 bits per heavy atom. The van der Waals surface area contributed by atoms with E-state index < -0.39 is 5.54 Å². The average molecular weight is 283 g/mol. The van der Waals surface area contributed by atoms with E-state index in [1.165, 1.54) is 32.1 Å². The molecule has 0 radical (unpaired) electrons. The van der Waals surface area contributed by atoms with Gasteiger partial charge in [-0.1, -0.05) is 26.2 Å². The third-order valence-electron chi connectivity index (χ3n) is 4.36. The number of amides is 1. The first-order valence-electron chi connectivity index (χ1n) is 8.21. The van der Waals surface area contributed by atoms with Gasteiger partial charge in [0.15, 0.2) is 0 Å². The number of hydrogen-bond acceptors (Lipinski definition) is 3. The minimum atomic E-state index is -0.468. The molecule has 4 nitrogen and oxygen atoms in total. The van der Waals surface area contributed by atoms with Gasteiger partial charge in [-0.05, 0) is 53.2 Å². The van der Waals surface area contributed by atoms with Crippen molar-refractivity contribution in [2.45, 2.75) is 70.9 Å². The van der Waals surface area contributed by atoms with Crippen molar-refractivity contribution in [1.82, 2.24) is 15.5 Å². The van der Waals surface area contributed by atoms with Crippen molar-refractivity contribution < 1.29 is 4.79 Å².